The van der Waals surface area contributed by atoms with E-state index in [1.165, 1.54) is 0 Å². The summed E-state index contributed by atoms with van der Waals surface area (Å²) in [5, 5.41) is 4.48. The molecule has 1 heterocycles. The van der Waals surface area contributed by atoms with Crippen LogP contribution in [0.2, 0.25) is 5.02 Å². The summed E-state index contributed by atoms with van der Waals surface area (Å²) in [5.41, 5.74) is 6.63. The summed E-state index contributed by atoms with van der Waals surface area (Å²) in [5.74, 6) is -0.562. The molecule has 0 atom stereocenters. The molecule has 1 N–H and O–H groups in total. The fraction of sp³-hybridized carbons (Fsp3) is 0.182. The second-order valence-corrected chi connectivity index (χ2v) is 9.38. The Balaban J connectivity index is 1.72. The Hall–Kier alpha value is -3.10. The monoisotopic (exact) mass is 458 g/mol. The van der Waals surface area contributed by atoms with E-state index in [2.05, 4.69) is 15.1 Å². The van der Waals surface area contributed by atoms with Crippen molar-refractivity contribution < 1.29 is 13.2 Å². The van der Waals surface area contributed by atoms with E-state index in [4.69, 9.17) is 11.6 Å². The molecule has 3 rings (SSSR count). The van der Waals surface area contributed by atoms with Gasteiger partial charge >= 0.3 is 0 Å². The van der Waals surface area contributed by atoms with E-state index in [1.54, 1.807) is 30.5 Å². The zero-order valence-electron chi connectivity index (χ0n) is 17.4. The van der Waals surface area contributed by atoms with Gasteiger partial charge in [0.1, 0.15) is 6.54 Å². The molecule has 31 heavy (non-hydrogen) atoms. The topological polar surface area (TPSA) is 83.8 Å². The Labute approximate surface area is 187 Å². The number of nitrogens with one attached hydrogen (secondary N) is 1. The first-order valence-corrected chi connectivity index (χ1v) is 11.7. The van der Waals surface area contributed by atoms with Crippen LogP contribution in [0.5, 0.6) is 0 Å². The number of carbonyl (C=O) groups is 1. The zero-order valence-corrected chi connectivity index (χ0v) is 19.0. The summed E-state index contributed by atoms with van der Waals surface area (Å²) in [7, 11) is -3.67. The molecule has 0 aliphatic heterocycles. The van der Waals surface area contributed by atoms with Crippen molar-refractivity contribution in [2.75, 3.05) is 17.1 Å². The summed E-state index contributed by atoms with van der Waals surface area (Å²) in [6, 6.07) is 18.1. The summed E-state index contributed by atoms with van der Waals surface area (Å²) >= 11 is 5.86. The molecule has 3 aromatic rings. The summed E-state index contributed by atoms with van der Waals surface area (Å²) in [6.45, 7) is 3.56. The first-order chi connectivity index (χ1) is 14.7. The van der Waals surface area contributed by atoms with Crippen LogP contribution in [0.3, 0.4) is 0 Å². The van der Waals surface area contributed by atoms with Crippen molar-refractivity contribution in [3.63, 3.8) is 0 Å². The normalized spacial score (nSPS) is 11.6. The molecule has 2 aromatic carbocycles. The number of amides is 1. The van der Waals surface area contributed by atoms with Gasteiger partial charge in [-0.2, -0.15) is 5.10 Å². The molecule has 7 nitrogen and oxygen atoms in total. The Bertz CT molecular complexity index is 1200. The molecule has 0 fully saturated rings. The highest BCUT2D eigenvalue weighted by Gasteiger charge is 2.20. The van der Waals surface area contributed by atoms with Gasteiger partial charge in [0.05, 0.1) is 18.2 Å². The number of para-hydroxylation sites is 1. The minimum atomic E-state index is -3.67. The smallest absolute Gasteiger partial charge is 0.260 e. The summed E-state index contributed by atoms with van der Waals surface area (Å²) in [6.07, 6.45) is 2.59. The van der Waals surface area contributed by atoms with Crippen molar-refractivity contribution >= 4 is 39.4 Å². The lowest BCUT2D eigenvalue weighted by molar-refractivity contribution is -0.119. The summed E-state index contributed by atoms with van der Waals surface area (Å²) < 4.78 is 27.4. The minimum absolute atomic E-state index is 0.345. The number of aromatic nitrogens is 1. The number of hydrogen-bond acceptors (Lipinski definition) is 4. The predicted octanol–water partition coefficient (Wildman–Crippen LogP) is 3.66. The maximum atomic E-state index is 12.3. The fourth-order valence-corrected chi connectivity index (χ4v) is 4.22. The van der Waals surface area contributed by atoms with E-state index in [9.17, 15) is 13.2 Å². The van der Waals surface area contributed by atoms with E-state index in [-0.39, 0.29) is 0 Å². The number of carbonyl (C=O) groups excluding carboxylic acids is 1. The Morgan fingerprint density at radius 3 is 2.39 bits per heavy atom. The maximum Gasteiger partial charge on any atom is 0.260 e. The maximum absolute atomic E-state index is 12.3. The van der Waals surface area contributed by atoms with Gasteiger partial charge in [0.2, 0.25) is 10.0 Å². The Morgan fingerprint density at radius 1 is 1.13 bits per heavy atom. The van der Waals surface area contributed by atoms with Gasteiger partial charge in [-0.05, 0) is 56.3 Å². The molecule has 0 aliphatic rings. The number of sulfonamides is 1. The van der Waals surface area contributed by atoms with Crippen LogP contribution in [-0.2, 0) is 14.8 Å². The minimum Gasteiger partial charge on any atom is -0.318 e. The van der Waals surface area contributed by atoms with E-state index >= 15 is 0 Å². The Kier molecular flexibility index (Phi) is 6.82. The average molecular weight is 459 g/mol. The lowest BCUT2D eigenvalue weighted by atomic mass is 10.2. The highest BCUT2D eigenvalue weighted by molar-refractivity contribution is 7.92. The molecule has 1 amide bonds. The molecule has 0 bridgehead atoms. The summed E-state index contributed by atoms with van der Waals surface area (Å²) in [4.78, 5) is 12.3. The van der Waals surface area contributed by atoms with E-state index < -0.39 is 22.5 Å². The van der Waals surface area contributed by atoms with Crippen LogP contribution in [0.4, 0.5) is 5.69 Å². The van der Waals surface area contributed by atoms with Crippen LogP contribution in [0.15, 0.2) is 65.8 Å². The van der Waals surface area contributed by atoms with Gasteiger partial charge < -0.3 is 4.57 Å². The van der Waals surface area contributed by atoms with Crippen LogP contribution < -0.4 is 9.73 Å². The standard InChI is InChI=1S/C22H23ClN4O3S/c1-16-13-18(17(2)27(16)21-7-5-4-6-8-21)14-24-25-22(28)15-26(31(3,29)30)20-11-9-19(23)10-12-20/h4-14H,15H2,1-3H3,(H,25,28)/b24-14-. The second-order valence-electron chi connectivity index (χ2n) is 7.04. The first kappa shape index (κ1) is 22.6. The number of halogens is 1. The van der Waals surface area contributed by atoms with Crippen LogP contribution in [0, 0.1) is 13.8 Å². The third kappa shape index (κ3) is 5.53. The van der Waals surface area contributed by atoms with Crippen LogP contribution in [0.25, 0.3) is 5.69 Å². The van der Waals surface area contributed by atoms with Crippen LogP contribution in [0.1, 0.15) is 17.0 Å². The molecule has 0 spiro atoms. The van der Waals surface area contributed by atoms with Gasteiger partial charge in [0, 0.05) is 27.7 Å². The molecule has 9 heteroatoms. The van der Waals surface area contributed by atoms with Crippen molar-refractivity contribution in [1.82, 2.24) is 9.99 Å². The van der Waals surface area contributed by atoms with Gasteiger partial charge in [-0.25, -0.2) is 13.8 Å². The first-order valence-electron chi connectivity index (χ1n) is 9.46. The molecular formula is C22H23ClN4O3S. The van der Waals surface area contributed by atoms with E-state index in [0.717, 1.165) is 33.2 Å². The molecule has 0 unspecified atom stereocenters. The molecule has 0 aliphatic carbocycles. The molecule has 0 radical (unpaired) electrons. The third-order valence-corrected chi connectivity index (χ3v) is 6.07. The van der Waals surface area contributed by atoms with Crippen molar-refractivity contribution in [2.24, 2.45) is 5.10 Å². The number of rotatable bonds is 7. The molecule has 0 saturated carbocycles. The van der Waals surface area contributed by atoms with Crippen LogP contribution >= 0.6 is 11.6 Å². The molecule has 162 valence electrons. The van der Waals surface area contributed by atoms with Crippen molar-refractivity contribution in [2.45, 2.75) is 13.8 Å². The highest BCUT2D eigenvalue weighted by Crippen LogP contribution is 2.21. The van der Waals surface area contributed by atoms with E-state index in [0.29, 0.717) is 10.7 Å². The number of benzene rings is 2. The molecular weight excluding hydrogens is 436 g/mol. The zero-order chi connectivity index (χ0) is 22.6. The number of aryl methyl sites for hydroxylation is 1. The highest BCUT2D eigenvalue weighted by atomic mass is 35.5. The largest absolute Gasteiger partial charge is 0.318 e. The number of anilines is 1. The quantitative estimate of drug-likeness (QED) is 0.433. The van der Waals surface area contributed by atoms with E-state index in [1.807, 2.05) is 50.2 Å². The SMILES string of the molecule is Cc1cc(/C=N\NC(=O)CN(c2ccc(Cl)cc2)S(C)(=O)=O)c(C)n1-c1ccccc1. The van der Waals surface area contributed by atoms with Gasteiger partial charge in [0.15, 0.2) is 0 Å². The van der Waals surface area contributed by atoms with Gasteiger partial charge in [0.25, 0.3) is 5.91 Å². The lowest BCUT2D eigenvalue weighted by Gasteiger charge is -2.21. The second kappa shape index (κ2) is 9.36. The number of hydrogen-bond donors (Lipinski definition) is 1. The predicted molar refractivity (Wildman–Crippen MR) is 125 cm³/mol. The van der Waals surface area contributed by atoms with Gasteiger partial charge in [-0.15, -0.1) is 0 Å². The third-order valence-electron chi connectivity index (χ3n) is 4.68. The Morgan fingerprint density at radius 2 is 1.77 bits per heavy atom. The molecule has 0 saturated heterocycles. The van der Waals surface area contributed by atoms with Crippen molar-refractivity contribution in [3.05, 3.63) is 82.6 Å². The molecule has 1 aromatic heterocycles. The fourth-order valence-electron chi connectivity index (χ4n) is 3.24. The van der Waals surface area contributed by atoms with Crippen molar-refractivity contribution in [1.29, 1.82) is 0 Å². The average Bonchev–Trinajstić information content (AvgIpc) is 3.00. The van der Waals surface area contributed by atoms with Gasteiger partial charge in [-0.1, -0.05) is 29.8 Å². The number of hydrazone groups is 1. The van der Waals surface area contributed by atoms with Crippen LogP contribution in [-0.4, -0.2) is 37.9 Å². The number of nitrogens with zero attached hydrogens (tertiary/aromatic N) is 3. The van der Waals surface area contributed by atoms with Gasteiger partial charge in [-0.3, -0.25) is 9.10 Å². The lowest BCUT2D eigenvalue weighted by Crippen LogP contribution is -2.39. The van der Waals surface area contributed by atoms with Crippen molar-refractivity contribution in [3.8, 4) is 5.69 Å².